The molecule has 1 fully saturated rings. The number of β-lactam (4-membered cyclic amide) rings is 1. The number of carbonyl (C=O) groups is 2. The van der Waals surface area contributed by atoms with Crippen molar-refractivity contribution in [2.45, 2.75) is 84.1 Å². The monoisotopic (exact) mass is 563 g/mol. The smallest absolute Gasteiger partial charge is 0.352 e. The van der Waals surface area contributed by atoms with Gasteiger partial charge in [-0.15, -0.1) is 0 Å². The van der Waals surface area contributed by atoms with E-state index >= 15 is 0 Å². The molecule has 3 aliphatic rings. The molecule has 1 aromatic rings. The molecule has 1 unspecified atom stereocenters. The Morgan fingerprint density at radius 1 is 1.32 bits per heavy atom. The van der Waals surface area contributed by atoms with Crippen LogP contribution in [0.15, 0.2) is 59.4 Å². The first-order valence-corrected chi connectivity index (χ1v) is 14.7. The van der Waals surface area contributed by atoms with Crippen molar-refractivity contribution in [2.24, 2.45) is 5.92 Å². The van der Waals surface area contributed by atoms with Gasteiger partial charge in [-0.25, -0.2) is 4.79 Å². The zero-order valence-corrected chi connectivity index (χ0v) is 24.6. The van der Waals surface area contributed by atoms with Gasteiger partial charge in [-0.3, -0.25) is 4.79 Å². The molecule has 0 bridgehead atoms. The second kappa shape index (κ2) is 12.9. The van der Waals surface area contributed by atoms with Crippen LogP contribution in [0.4, 0.5) is 5.69 Å². The summed E-state index contributed by atoms with van der Waals surface area (Å²) in [6, 6.07) is 4.11. The summed E-state index contributed by atoms with van der Waals surface area (Å²) in [5, 5.41) is 12.9. The number of hydrogen-bond acceptors (Lipinski definition) is 5. The summed E-state index contributed by atoms with van der Waals surface area (Å²) in [5.41, 5.74) is 12.7. The summed E-state index contributed by atoms with van der Waals surface area (Å²) in [7, 11) is 0. The number of aliphatic carboxylic acids is 1. The van der Waals surface area contributed by atoms with Gasteiger partial charge in [-0.1, -0.05) is 55.7 Å². The summed E-state index contributed by atoms with van der Waals surface area (Å²) in [6.45, 7) is 11.0. The maximum Gasteiger partial charge on any atom is 0.352 e. The maximum atomic E-state index is 11.8. The zero-order chi connectivity index (χ0) is 29.0. The first-order valence-electron chi connectivity index (χ1n) is 14.3. The third-order valence-corrected chi connectivity index (χ3v) is 8.38. The van der Waals surface area contributed by atoms with E-state index in [0.29, 0.717) is 36.4 Å². The summed E-state index contributed by atoms with van der Waals surface area (Å²) in [5.74, 6) is -0.214. The Hall–Kier alpha value is -3.39. The third kappa shape index (κ3) is 6.49. The van der Waals surface area contributed by atoms with Gasteiger partial charge in [0, 0.05) is 30.1 Å². The lowest BCUT2D eigenvalue weighted by atomic mass is 9.73. The Morgan fingerprint density at radius 2 is 2.10 bits per heavy atom. The maximum absolute atomic E-state index is 11.8. The number of rotatable bonds is 11. The van der Waals surface area contributed by atoms with Crippen LogP contribution in [0, 0.1) is 5.92 Å². The number of benzene rings is 1. The average molecular weight is 564 g/mol. The molecule has 8 heteroatoms. The molecule has 214 valence electrons. The topological polar surface area (TPSA) is 105 Å². The van der Waals surface area contributed by atoms with E-state index in [4.69, 9.17) is 22.7 Å². The zero-order valence-electron chi connectivity index (χ0n) is 23.8. The highest BCUT2D eigenvalue weighted by Crippen LogP contribution is 2.46. The number of carbonyl (C=O) groups excluding carboxylic acids is 1. The van der Waals surface area contributed by atoms with Crippen LogP contribution >= 0.6 is 12.2 Å². The van der Waals surface area contributed by atoms with Crippen molar-refractivity contribution in [2.75, 3.05) is 12.3 Å². The minimum Gasteiger partial charge on any atom is -0.477 e. The molecule has 4 N–H and O–H groups in total. The van der Waals surface area contributed by atoms with E-state index in [9.17, 15) is 14.7 Å². The lowest BCUT2D eigenvalue weighted by Gasteiger charge is -2.35. The lowest BCUT2D eigenvalue weighted by Crippen LogP contribution is -2.49. The van der Waals surface area contributed by atoms with Gasteiger partial charge in [0.05, 0.1) is 6.04 Å². The van der Waals surface area contributed by atoms with Crippen LogP contribution in [0.5, 0.6) is 5.75 Å². The Kier molecular flexibility index (Phi) is 9.51. The molecule has 1 aromatic carbocycles. The summed E-state index contributed by atoms with van der Waals surface area (Å²) >= 11 is 5.57. The highest BCUT2D eigenvalue weighted by atomic mass is 32.1. The molecule has 40 heavy (non-hydrogen) atoms. The van der Waals surface area contributed by atoms with Crippen molar-refractivity contribution in [3.8, 4) is 5.75 Å². The van der Waals surface area contributed by atoms with Crippen LogP contribution in [-0.2, 0) is 16.0 Å². The number of carboxylic acids is 1. The number of unbranched alkanes of at least 4 members (excludes halogenated alkanes) is 2. The Morgan fingerprint density at radius 3 is 2.77 bits per heavy atom. The van der Waals surface area contributed by atoms with Gasteiger partial charge >= 0.3 is 5.97 Å². The van der Waals surface area contributed by atoms with Crippen LogP contribution in [0.25, 0.3) is 0 Å². The molecule has 1 saturated heterocycles. The van der Waals surface area contributed by atoms with Crippen molar-refractivity contribution >= 4 is 35.0 Å². The number of anilines is 1. The van der Waals surface area contributed by atoms with Crippen LogP contribution < -0.4 is 15.8 Å². The molecule has 2 aliphatic heterocycles. The number of hydrogen-bond donors (Lipinski definition) is 3. The van der Waals surface area contributed by atoms with Gasteiger partial charge in [0.25, 0.3) is 5.17 Å². The molecule has 1 aliphatic carbocycles. The Bertz CT molecular complexity index is 1300. The van der Waals surface area contributed by atoms with Gasteiger partial charge in [0.1, 0.15) is 11.4 Å². The Labute approximate surface area is 242 Å². The number of thiocarbonyl (C=S) groups is 1. The van der Waals surface area contributed by atoms with Crippen molar-refractivity contribution in [1.82, 2.24) is 10.2 Å². The first-order chi connectivity index (χ1) is 19.1. The normalized spacial score (nSPS) is 22.2. The van der Waals surface area contributed by atoms with Gasteiger partial charge in [0.2, 0.25) is 5.91 Å². The molecule has 1 amide bonds. The van der Waals surface area contributed by atoms with Gasteiger partial charge in [0.15, 0.2) is 0 Å². The molecular formula is C32H41N3O4S. The second-order valence-electron chi connectivity index (χ2n) is 11.3. The summed E-state index contributed by atoms with van der Waals surface area (Å²) < 4.78 is 6.27. The number of aryl methyl sites for hydroxylation is 1. The summed E-state index contributed by atoms with van der Waals surface area (Å²) in [6.07, 6.45) is 13.2. The van der Waals surface area contributed by atoms with Gasteiger partial charge in [-0.2, -0.15) is 0 Å². The first kappa shape index (κ1) is 29.6. The predicted octanol–water partition coefficient (Wildman–Crippen LogP) is 6.17. The van der Waals surface area contributed by atoms with Crippen molar-refractivity contribution in [3.05, 3.63) is 70.5 Å². The molecule has 2 heterocycles. The molecular weight excluding hydrogens is 522 g/mol. The Balaban J connectivity index is 1.52. The second-order valence-corrected chi connectivity index (χ2v) is 11.6. The van der Waals surface area contributed by atoms with Crippen LogP contribution in [0.3, 0.4) is 0 Å². The quantitative estimate of drug-likeness (QED) is 0.0972. The SMILES string of the molecule is C=C(C)[C@@H]1CCC(C)=C[C@H]1c1c(N)cc(CCCCC)cc1OC(=S)NC/C=C/C1=C(C(=O)O)N2C(=O)CC2C1. The van der Waals surface area contributed by atoms with Gasteiger partial charge < -0.3 is 25.8 Å². The van der Waals surface area contributed by atoms with E-state index in [0.717, 1.165) is 55.2 Å². The number of carboxylic acid groups (broad SMARTS) is 1. The molecule has 0 aromatic heterocycles. The van der Waals surface area contributed by atoms with E-state index in [-0.39, 0.29) is 34.7 Å². The minimum atomic E-state index is -1.08. The largest absolute Gasteiger partial charge is 0.477 e. The number of nitrogens with one attached hydrogen (secondary N) is 1. The predicted molar refractivity (Wildman–Crippen MR) is 163 cm³/mol. The minimum absolute atomic E-state index is 0.0374. The number of amides is 1. The molecule has 0 spiro atoms. The van der Waals surface area contributed by atoms with E-state index in [1.165, 1.54) is 10.5 Å². The molecule has 0 saturated carbocycles. The number of ether oxygens (including phenoxy) is 1. The number of nitrogens with zero attached hydrogens (tertiary/aromatic N) is 1. The fourth-order valence-electron chi connectivity index (χ4n) is 6.10. The van der Waals surface area contributed by atoms with Crippen molar-refractivity contribution < 1.29 is 19.4 Å². The highest BCUT2D eigenvalue weighted by molar-refractivity contribution is 7.80. The average Bonchev–Trinajstić information content (AvgIpc) is 3.18. The molecule has 3 atom stereocenters. The van der Waals surface area contributed by atoms with Crippen LogP contribution in [-0.4, -0.2) is 39.6 Å². The highest BCUT2D eigenvalue weighted by Gasteiger charge is 2.46. The lowest BCUT2D eigenvalue weighted by molar-refractivity contribution is -0.147. The number of allylic oxidation sites excluding steroid dienone is 4. The van der Waals surface area contributed by atoms with E-state index < -0.39 is 5.97 Å². The molecule has 4 rings (SSSR count). The summed E-state index contributed by atoms with van der Waals surface area (Å²) in [4.78, 5) is 25.0. The fourth-order valence-corrected chi connectivity index (χ4v) is 6.28. The number of nitrogens with two attached hydrogens (primary N) is 1. The standard InChI is InChI=1S/C32H41N3O4S/c1-5-6-7-9-21-15-26(33)29(25-14-20(4)11-12-24(25)19(2)3)27(16-21)39-32(40)34-13-8-10-22-17-23-18-28(36)35(23)30(22)31(37)38/h8,10,14-16,23-25H,2,5-7,9,11-13,17-18,33H2,1,3-4H3,(H,34,40)(H,37,38)/b10-8+/t23?,24-,25+/m0/s1. The van der Waals surface area contributed by atoms with Crippen molar-refractivity contribution in [3.63, 3.8) is 0 Å². The van der Waals surface area contributed by atoms with Crippen molar-refractivity contribution in [1.29, 1.82) is 0 Å². The number of fused-ring (bicyclic) bond motifs is 1. The number of nitrogen functional groups attached to an aromatic ring is 1. The van der Waals surface area contributed by atoms with Gasteiger partial charge in [-0.05, 0) is 87.4 Å². The third-order valence-electron chi connectivity index (χ3n) is 8.15. The van der Waals surface area contributed by atoms with Crippen LogP contribution in [0.1, 0.15) is 82.8 Å². The fraction of sp³-hybridized carbons (Fsp3) is 0.469. The molecule has 0 radical (unpaired) electrons. The van der Waals surface area contributed by atoms with Crippen LogP contribution in [0.2, 0.25) is 0 Å². The van der Waals surface area contributed by atoms with E-state index in [1.807, 2.05) is 6.08 Å². The van der Waals surface area contributed by atoms with E-state index in [2.05, 4.69) is 50.9 Å². The van der Waals surface area contributed by atoms with E-state index in [1.54, 1.807) is 6.08 Å². The molecule has 7 nitrogen and oxygen atoms in total.